The van der Waals surface area contributed by atoms with Gasteiger partial charge in [0.15, 0.2) is 0 Å². The fraction of sp³-hybridized carbons (Fsp3) is 0.0476. The maximum atomic E-state index is 13.5. The van der Waals surface area contributed by atoms with Gasteiger partial charge in [0.25, 0.3) is 0 Å². The van der Waals surface area contributed by atoms with Gasteiger partial charge in [-0.3, -0.25) is 9.59 Å². The topological polar surface area (TPSA) is 34.1 Å². The number of alkyl halides is 12. The lowest BCUT2D eigenvalue weighted by Gasteiger charge is -2.07. The van der Waals surface area contributed by atoms with Crippen molar-refractivity contribution >= 4 is 122 Å². The van der Waals surface area contributed by atoms with E-state index in [-0.39, 0.29) is 0 Å². The smallest absolute Gasteiger partial charge is 0.298 e. The number of benzene rings is 10. The standard InChI is InChI=1S/C84H56F12O2/c85-81(86,87)77-35-27-59(28-36-77)7-17-67-44-68(18-8-60-29-37-78(38-30-60)82(88,89)90)49-72(48-67)22-25-75-52-74(24-21-71-46-65(15-5-57-1-11-63(55-97)12-2-57)43-66(47-71)16-6-58-3-13-64(56-98)14-4-58)53-76(54-75)26-23-73-50-69(19-9-61-31-39-79(40-32-61)83(91,92)93)45-70(51-73)20-10-62-33-41-80(42-34-62)84(94,95)96/h1-56H/b15-5+,16-6+,17-7+,18-8+,19-9+,20-10+,24-21+,25-22+,26-23+. The van der Waals surface area contributed by atoms with E-state index in [4.69, 9.17) is 0 Å². The van der Waals surface area contributed by atoms with Crippen LogP contribution in [0.5, 0.6) is 0 Å². The van der Waals surface area contributed by atoms with E-state index in [1.807, 2.05) is 158 Å². The van der Waals surface area contributed by atoms with Crippen LogP contribution in [-0.2, 0) is 24.7 Å². The van der Waals surface area contributed by atoms with Gasteiger partial charge < -0.3 is 0 Å². The van der Waals surface area contributed by atoms with Crippen molar-refractivity contribution in [2.45, 2.75) is 24.7 Å². The Morgan fingerprint density at radius 3 is 0.367 bits per heavy atom. The summed E-state index contributed by atoms with van der Waals surface area (Å²) in [5.74, 6) is 0. The Morgan fingerprint density at radius 1 is 0.153 bits per heavy atom. The van der Waals surface area contributed by atoms with E-state index in [9.17, 15) is 62.3 Å². The van der Waals surface area contributed by atoms with Crippen LogP contribution < -0.4 is 0 Å². The summed E-state index contributed by atoms with van der Waals surface area (Å²) in [6.45, 7) is 0. The molecule has 0 amide bonds. The highest BCUT2D eigenvalue weighted by molar-refractivity contribution is 5.86. The number of hydrogen-bond acceptors (Lipinski definition) is 2. The molecule has 0 fully saturated rings. The highest BCUT2D eigenvalue weighted by atomic mass is 19.4. The van der Waals surface area contributed by atoms with Gasteiger partial charge in [0.1, 0.15) is 12.6 Å². The first-order valence-electron chi connectivity index (χ1n) is 30.4. The van der Waals surface area contributed by atoms with E-state index in [0.717, 1.165) is 106 Å². The lowest BCUT2D eigenvalue weighted by atomic mass is 9.99. The van der Waals surface area contributed by atoms with E-state index < -0.39 is 47.0 Å². The summed E-state index contributed by atoms with van der Waals surface area (Å²) in [7, 11) is 0. The van der Waals surface area contributed by atoms with Crippen molar-refractivity contribution in [2.24, 2.45) is 0 Å². The average Bonchev–Trinajstić information content (AvgIpc) is 0.897. The molecule has 0 saturated carbocycles. The third kappa shape index (κ3) is 20.4. The molecule has 0 N–H and O–H groups in total. The van der Waals surface area contributed by atoms with Crippen molar-refractivity contribution in [3.05, 3.63) is 352 Å². The van der Waals surface area contributed by atoms with Crippen LogP contribution in [0.25, 0.3) is 109 Å². The predicted molar refractivity (Wildman–Crippen MR) is 376 cm³/mol. The van der Waals surface area contributed by atoms with Crippen LogP contribution in [0.2, 0.25) is 0 Å². The predicted octanol–water partition coefficient (Wildman–Crippen LogP) is 24.9. The van der Waals surface area contributed by atoms with Crippen molar-refractivity contribution in [1.82, 2.24) is 0 Å². The molecule has 0 aliphatic heterocycles. The molecule has 0 radical (unpaired) electrons. The van der Waals surface area contributed by atoms with Gasteiger partial charge in [-0.25, -0.2) is 0 Å². The molecule has 0 saturated heterocycles. The third-order valence-corrected chi connectivity index (χ3v) is 15.3. The largest absolute Gasteiger partial charge is 0.416 e. The summed E-state index contributed by atoms with van der Waals surface area (Å²) in [5, 5.41) is 0. The summed E-state index contributed by atoms with van der Waals surface area (Å²) in [4.78, 5) is 22.8. The van der Waals surface area contributed by atoms with Crippen LogP contribution in [0.4, 0.5) is 52.7 Å². The van der Waals surface area contributed by atoms with Gasteiger partial charge >= 0.3 is 24.7 Å². The van der Waals surface area contributed by atoms with Crippen molar-refractivity contribution in [3.63, 3.8) is 0 Å². The van der Waals surface area contributed by atoms with Gasteiger partial charge in [-0.05, 0) is 221 Å². The van der Waals surface area contributed by atoms with Crippen LogP contribution in [-0.4, -0.2) is 12.6 Å². The minimum atomic E-state index is -4.53. The molecule has 0 bridgehead atoms. The van der Waals surface area contributed by atoms with E-state index in [0.29, 0.717) is 66.8 Å². The first-order chi connectivity index (χ1) is 46.8. The highest BCUT2D eigenvalue weighted by Gasteiger charge is 2.32. The maximum absolute atomic E-state index is 13.5. The van der Waals surface area contributed by atoms with Gasteiger partial charge in [-0.15, -0.1) is 0 Å². The fourth-order valence-electron chi connectivity index (χ4n) is 10.2. The molecule has 0 spiro atoms. The monoisotopic (exact) mass is 1320 g/mol. The molecule has 0 atom stereocenters. The molecule has 0 heterocycles. The van der Waals surface area contributed by atoms with Gasteiger partial charge in [0.2, 0.25) is 0 Å². The van der Waals surface area contributed by atoms with E-state index in [2.05, 4.69) is 0 Å². The van der Waals surface area contributed by atoms with E-state index in [1.54, 1.807) is 72.9 Å². The molecule has 98 heavy (non-hydrogen) atoms. The zero-order chi connectivity index (χ0) is 69.5. The Hall–Kier alpha value is -11.6. The number of hydrogen-bond donors (Lipinski definition) is 0. The first kappa shape index (κ1) is 69.2. The molecular weight excluding hydrogens is 1270 g/mol. The second kappa shape index (κ2) is 30.8. The normalized spacial score (nSPS) is 12.8. The first-order valence-corrected chi connectivity index (χ1v) is 30.4. The lowest BCUT2D eigenvalue weighted by molar-refractivity contribution is -0.138. The van der Waals surface area contributed by atoms with Crippen LogP contribution in [0.3, 0.4) is 0 Å². The average molecular weight is 1330 g/mol. The summed E-state index contributed by atoms with van der Waals surface area (Å²) in [5.41, 5.74) is 10.4. The quantitative estimate of drug-likeness (QED) is 0.0433. The van der Waals surface area contributed by atoms with Gasteiger partial charge in [0, 0.05) is 11.1 Å². The Labute approximate surface area is 558 Å². The lowest BCUT2D eigenvalue weighted by Crippen LogP contribution is -2.03. The summed E-state index contributed by atoms with van der Waals surface area (Å²) in [6, 6.07) is 56.1. The molecule has 10 aromatic rings. The van der Waals surface area contributed by atoms with Crippen LogP contribution >= 0.6 is 0 Å². The number of carbonyl (C=O) groups is 2. The Kier molecular flexibility index (Phi) is 21.8. The Morgan fingerprint density at radius 2 is 0.255 bits per heavy atom. The number of carbonyl (C=O) groups excluding carboxylic acids is 2. The van der Waals surface area contributed by atoms with Crippen molar-refractivity contribution in [2.75, 3.05) is 0 Å². The molecular formula is C84H56F12O2. The van der Waals surface area contributed by atoms with Gasteiger partial charge in [-0.2, -0.15) is 52.7 Å². The van der Waals surface area contributed by atoms with Crippen molar-refractivity contribution in [3.8, 4) is 0 Å². The van der Waals surface area contributed by atoms with Crippen LogP contribution in [0.15, 0.2) is 218 Å². The van der Waals surface area contributed by atoms with Crippen LogP contribution in [0.1, 0.15) is 143 Å². The van der Waals surface area contributed by atoms with Gasteiger partial charge in [0.05, 0.1) is 22.3 Å². The minimum absolute atomic E-state index is 0.499. The zero-order valence-corrected chi connectivity index (χ0v) is 51.7. The second-order valence-corrected chi connectivity index (χ2v) is 22.8. The summed E-state index contributed by atoms with van der Waals surface area (Å²) in [6.07, 6.45) is 16.3. The Balaban J connectivity index is 1.05. The fourth-order valence-corrected chi connectivity index (χ4v) is 10.2. The van der Waals surface area contributed by atoms with Crippen LogP contribution in [0, 0.1) is 0 Å². The molecule has 0 aliphatic carbocycles. The van der Waals surface area contributed by atoms with Crippen molar-refractivity contribution in [1.29, 1.82) is 0 Å². The molecule has 0 aliphatic rings. The third-order valence-electron chi connectivity index (χ3n) is 15.3. The van der Waals surface area contributed by atoms with Gasteiger partial charge in [-0.1, -0.05) is 206 Å². The molecule has 10 aromatic carbocycles. The molecule has 0 aromatic heterocycles. The van der Waals surface area contributed by atoms with E-state index in [1.165, 1.54) is 48.5 Å². The second-order valence-electron chi connectivity index (χ2n) is 22.8. The molecule has 488 valence electrons. The minimum Gasteiger partial charge on any atom is -0.298 e. The SMILES string of the molecule is O=Cc1ccc(/C=C/c2cc(/C=C/c3ccc(C=O)cc3)cc(/C=C/c3cc(/C=C/c4cc(/C=C/c5ccc(C(F)(F)F)cc5)cc(/C=C/c5ccc(C(F)(F)F)cc5)c4)cc(/C=C/c4cc(/C=C/c5ccc(C(F)(F)F)cc5)cc(/C=C/c5ccc(C(F)(F)F)cc5)c4)c3)c2)cc1. The summed E-state index contributed by atoms with van der Waals surface area (Å²) >= 11 is 0. The van der Waals surface area contributed by atoms with Crippen molar-refractivity contribution < 1.29 is 62.3 Å². The maximum Gasteiger partial charge on any atom is 0.416 e. The number of aldehydes is 2. The zero-order valence-electron chi connectivity index (χ0n) is 51.7. The summed E-state index contributed by atoms with van der Waals surface area (Å²) < 4.78 is 161. The molecule has 14 heteroatoms. The molecule has 10 rings (SSSR count). The molecule has 2 nitrogen and oxygen atoms in total. The number of halogens is 12. The number of rotatable bonds is 20. The van der Waals surface area contributed by atoms with E-state index >= 15 is 0 Å². The highest BCUT2D eigenvalue weighted by Crippen LogP contribution is 2.34. The Bertz CT molecular complexity index is 4280. The molecule has 0 unspecified atom stereocenters.